The highest BCUT2D eigenvalue weighted by atomic mass is 16.5. The zero-order valence-electron chi connectivity index (χ0n) is 12.2. The first-order chi connectivity index (χ1) is 9.97. The summed E-state index contributed by atoms with van der Waals surface area (Å²) in [6.45, 7) is 2.38. The Labute approximate surface area is 124 Å². The van der Waals surface area contributed by atoms with Gasteiger partial charge >= 0.3 is 5.97 Å². The molecule has 0 aromatic heterocycles. The fourth-order valence-corrected chi connectivity index (χ4v) is 2.75. The predicted molar refractivity (Wildman–Crippen MR) is 78.3 cm³/mol. The first-order valence-corrected chi connectivity index (χ1v) is 7.23. The van der Waals surface area contributed by atoms with Crippen LogP contribution in [0.2, 0.25) is 0 Å². The lowest BCUT2D eigenvalue weighted by atomic mass is 9.82. The van der Waals surface area contributed by atoms with Crippen LogP contribution in [0.1, 0.15) is 41.6 Å². The van der Waals surface area contributed by atoms with Crippen molar-refractivity contribution in [3.8, 4) is 5.75 Å². The average Bonchev–Trinajstić information content (AvgIpc) is 2.46. The molecule has 1 saturated carbocycles. The van der Waals surface area contributed by atoms with Crippen LogP contribution >= 0.6 is 0 Å². The molecular weight excluding hydrogens is 270 g/mol. The molecule has 5 heteroatoms. The van der Waals surface area contributed by atoms with E-state index in [-0.39, 0.29) is 5.92 Å². The highest BCUT2D eigenvalue weighted by Crippen LogP contribution is 2.29. The number of aliphatic carboxylic acids is 1. The van der Waals surface area contributed by atoms with Gasteiger partial charge < -0.3 is 15.6 Å². The van der Waals surface area contributed by atoms with Crippen LogP contribution in [0.4, 0.5) is 0 Å². The number of carbonyl (C=O) groups is 2. The van der Waals surface area contributed by atoms with Gasteiger partial charge in [-0.1, -0.05) is 6.07 Å². The molecule has 2 rings (SSSR count). The van der Waals surface area contributed by atoms with E-state index in [1.54, 1.807) is 6.07 Å². The van der Waals surface area contributed by atoms with Gasteiger partial charge in [0.05, 0.1) is 12.5 Å². The molecular formula is C16H21NO4. The van der Waals surface area contributed by atoms with E-state index in [9.17, 15) is 9.59 Å². The number of carboxylic acid groups (broad SMARTS) is 1. The van der Waals surface area contributed by atoms with Gasteiger partial charge in [0.1, 0.15) is 5.75 Å². The average molecular weight is 291 g/mol. The lowest BCUT2D eigenvalue weighted by Crippen LogP contribution is -2.24. The van der Waals surface area contributed by atoms with E-state index in [0.29, 0.717) is 36.7 Å². The largest absolute Gasteiger partial charge is 0.493 e. The molecule has 0 aliphatic heterocycles. The summed E-state index contributed by atoms with van der Waals surface area (Å²) in [4.78, 5) is 22.2. The van der Waals surface area contributed by atoms with E-state index in [1.165, 1.54) is 0 Å². The number of carbonyl (C=O) groups excluding carboxylic acids is 1. The van der Waals surface area contributed by atoms with Crippen molar-refractivity contribution < 1.29 is 19.4 Å². The topological polar surface area (TPSA) is 89.6 Å². The maximum Gasteiger partial charge on any atom is 0.306 e. The van der Waals surface area contributed by atoms with Crippen molar-refractivity contribution in [1.82, 2.24) is 0 Å². The van der Waals surface area contributed by atoms with Crippen molar-refractivity contribution in [1.29, 1.82) is 0 Å². The lowest BCUT2D eigenvalue weighted by molar-refractivity contribution is -0.143. The quantitative estimate of drug-likeness (QED) is 0.871. The molecule has 1 amide bonds. The predicted octanol–water partition coefficient (Wildman–Crippen LogP) is 2.36. The third-order valence-corrected chi connectivity index (χ3v) is 4.16. The Hall–Kier alpha value is -2.04. The van der Waals surface area contributed by atoms with Gasteiger partial charge in [-0.15, -0.1) is 0 Å². The zero-order valence-corrected chi connectivity index (χ0v) is 12.2. The smallest absolute Gasteiger partial charge is 0.306 e. The maximum atomic E-state index is 11.3. The number of ether oxygens (including phenoxy) is 1. The molecule has 0 radical (unpaired) electrons. The van der Waals surface area contributed by atoms with Crippen molar-refractivity contribution >= 4 is 11.9 Å². The molecule has 1 aromatic rings. The Kier molecular flexibility index (Phi) is 4.83. The number of rotatable bonds is 5. The number of nitrogens with two attached hydrogens (primary N) is 1. The summed E-state index contributed by atoms with van der Waals surface area (Å²) in [5.74, 6) is -0.352. The van der Waals surface area contributed by atoms with Crippen LogP contribution < -0.4 is 10.5 Å². The van der Waals surface area contributed by atoms with Gasteiger partial charge in [-0.25, -0.2) is 0 Å². The Morgan fingerprint density at radius 1 is 1.29 bits per heavy atom. The Morgan fingerprint density at radius 3 is 2.52 bits per heavy atom. The number of hydrogen-bond donors (Lipinski definition) is 2. The molecule has 0 bridgehead atoms. The van der Waals surface area contributed by atoms with Crippen LogP contribution in [0, 0.1) is 18.8 Å². The summed E-state index contributed by atoms with van der Waals surface area (Å²) in [5, 5.41) is 8.97. The fraction of sp³-hybridized carbons (Fsp3) is 0.500. The first kappa shape index (κ1) is 15.4. The normalized spacial score (nSPS) is 21.8. The van der Waals surface area contributed by atoms with Crippen LogP contribution in [0.3, 0.4) is 0 Å². The van der Waals surface area contributed by atoms with Crippen LogP contribution in [0.25, 0.3) is 0 Å². The molecule has 1 fully saturated rings. The van der Waals surface area contributed by atoms with Crippen LogP contribution in [-0.4, -0.2) is 23.6 Å². The van der Waals surface area contributed by atoms with Gasteiger partial charge in [0.15, 0.2) is 0 Å². The number of amides is 1. The Balaban J connectivity index is 1.88. The minimum absolute atomic E-state index is 0.206. The summed E-state index contributed by atoms with van der Waals surface area (Å²) < 4.78 is 5.73. The summed E-state index contributed by atoms with van der Waals surface area (Å²) in [5.41, 5.74) is 6.62. The third kappa shape index (κ3) is 3.97. The Morgan fingerprint density at radius 2 is 1.95 bits per heavy atom. The maximum absolute atomic E-state index is 11.3. The molecule has 3 N–H and O–H groups in total. The molecule has 5 nitrogen and oxygen atoms in total. The molecule has 1 aliphatic carbocycles. The molecule has 0 unspecified atom stereocenters. The van der Waals surface area contributed by atoms with Gasteiger partial charge in [-0.2, -0.15) is 0 Å². The summed E-state index contributed by atoms with van der Waals surface area (Å²) >= 11 is 0. The Bertz CT molecular complexity index is 533. The molecule has 0 spiro atoms. The molecule has 0 saturated heterocycles. The molecule has 21 heavy (non-hydrogen) atoms. The minimum Gasteiger partial charge on any atom is -0.493 e. The number of hydrogen-bond acceptors (Lipinski definition) is 3. The molecule has 114 valence electrons. The SMILES string of the molecule is Cc1ccc(OC[C@H]2CC[C@H](C(=O)O)CC2)cc1C(N)=O. The van der Waals surface area contributed by atoms with Gasteiger partial charge in [0, 0.05) is 5.56 Å². The van der Waals surface area contributed by atoms with Crippen molar-refractivity contribution in [2.75, 3.05) is 6.61 Å². The number of benzene rings is 1. The number of primary amides is 1. The molecule has 0 atom stereocenters. The second-order valence-electron chi connectivity index (χ2n) is 5.71. The standard InChI is InChI=1S/C16H21NO4/c1-10-2-7-13(8-14(10)15(17)18)21-9-11-3-5-12(6-4-11)16(19)20/h2,7-8,11-12H,3-6,9H2,1H3,(H2,17,18)(H,19,20)/t11-,12-. The highest BCUT2D eigenvalue weighted by Gasteiger charge is 2.26. The second-order valence-corrected chi connectivity index (χ2v) is 5.71. The van der Waals surface area contributed by atoms with E-state index in [1.807, 2.05) is 19.1 Å². The second kappa shape index (κ2) is 6.61. The van der Waals surface area contributed by atoms with E-state index < -0.39 is 11.9 Å². The fourth-order valence-electron chi connectivity index (χ4n) is 2.75. The van der Waals surface area contributed by atoms with E-state index >= 15 is 0 Å². The first-order valence-electron chi connectivity index (χ1n) is 7.23. The van der Waals surface area contributed by atoms with Crippen LogP contribution in [-0.2, 0) is 4.79 Å². The van der Waals surface area contributed by atoms with Crippen molar-refractivity contribution in [2.45, 2.75) is 32.6 Å². The molecule has 0 heterocycles. The third-order valence-electron chi connectivity index (χ3n) is 4.16. The van der Waals surface area contributed by atoms with Crippen LogP contribution in [0.5, 0.6) is 5.75 Å². The summed E-state index contributed by atoms with van der Waals surface area (Å²) in [6.07, 6.45) is 3.16. The summed E-state index contributed by atoms with van der Waals surface area (Å²) in [7, 11) is 0. The van der Waals surface area contributed by atoms with E-state index in [4.69, 9.17) is 15.6 Å². The van der Waals surface area contributed by atoms with Gasteiger partial charge in [-0.05, 0) is 56.2 Å². The van der Waals surface area contributed by atoms with Crippen molar-refractivity contribution in [3.05, 3.63) is 29.3 Å². The number of aryl methyl sites for hydroxylation is 1. The zero-order chi connectivity index (χ0) is 15.4. The van der Waals surface area contributed by atoms with Gasteiger partial charge in [0.2, 0.25) is 5.91 Å². The summed E-state index contributed by atoms with van der Waals surface area (Å²) in [6, 6.07) is 5.31. The minimum atomic E-state index is -0.695. The highest BCUT2D eigenvalue weighted by molar-refractivity contribution is 5.94. The van der Waals surface area contributed by atoms with Gasteiger partial charge in [0.25, 0.3) is 0 Å². The van der Waals surface area contributed by atoms with Crippen molar-refractivity contribution in [3.63, 3.8) is 0 Å². The monoisotopic (exact) mass is 291 g/mol. The molecule has 1 aromatic carbocycles. The number of carboxylic acids is 1. The van der Waals surface area contributed by atoms with Crippen molar-refractivity contribution in [2.24, 2.45) is 17.6 Å². The lowest BCUT2D eigenvalue weighted by Gasteiger charge is -2.26. The van der Waals surface area contributed by atoms with E-state index in [2.05, 4.69) is 0 Å². The van der Waals surface area contributed by atoms with Crippen LogP contribution in [0.15, 0.2) is 18.2 Å². The van der Waals surface area contributed by atoms with Gasteiger partial charge in [-0.3, -0.25) is 9.59 Å². The molecule has 1 aliphatic rings. The van der Waals surface area contributed by atoms with E-state index in [0.717, 1.165) is 18.4 Å².